The number of ether oxygens (including phenoxy) is 1. The molecule has 3 rings (SSSR count). The fourth-order valence-corrected chi connectivity index (χ4v) is 3.87. The zero-order valence-electron chi connectivity index (χ0n) is 12.2. The van der Waals surface area contributed by atoms with E-state index in [-0.39, 0.29) is 17.5 Å². The van der Waals surface area contributed by atoms with E-state index in [9.17, 15) is 19.1 Å². The van der Waals surface area contributed by atoms with E-state index in [1.165, 1.54) is 13.4 Å². The molecule has 5 N–H and O–H groups in total. The Kier molecular flexibility index (Phi) is 3.85. The summed E-state index contributed by atoms with van der Waals surface area (Å²) in [4.78, 5) is 41.0. The molecule has 2 heterocycles. The highest BCUT2D eigenvalue weighted by molar-refractivity contribution is 7.52. The average Bonchev–Trinajstić information content (AvgIpc) is 3.04. The fourth-order valence-electron chi connectivity index (χ4n) is 2.87. The van der Waals surface area contributed by atoms with Crippen LogP contribution in [-0.2, 0) is 9.30 Å². The van der Waals surface area contributed by atoms with Gasteiger partial charge < -0.3 is 24.8 Å². The number of anilines is 1. The van der Waals surface area contributed by atoms with E-state index in [2.05, 4.69) is 15.0 Å². The molecule has 0 saturated heterocycles. The second-order valence-electron chi connectivity index (χ2n) is 5.34. The number of hydrogen-bond acceptors (Lipinski definition) is 6. The summed E-state index contributed by atoms with van der Waals surface area (Å²) in [6, 6.07) is -0.247. The Morgan fingerprint density at radius 3 is 2.91 bits per heavy atom. The van der Waals surface area contributed by atoms with Crippen molar-refractivity contribution >= 4 is 24.7 Å². The number of H-pyrrole nitrogens is 1. The van der Waals surface area contributed by atoms with Crippen molar-refractivity contribution in [2.75, 3.05) is 12.8 Å². The summed E-state index contributed by atoms with van der Waals surface area (Å²) in [7, 11) is -3.12. The third-order valence-electron chi connectivity index (χ3n) is 3.84. The van der Waals surface area contributed by atoms with Crippen molar-refractivity contribution in [2.45, 2.75) is 18.3 Å². The van der Waals surface area contributed by atoms with Crippen LogP contribution in [0, 0.1) is 5.92 Å². The Labute approximate surface area is 130 Å². The minimum absolute atomic E-state index is 0.0206. The molecule has 3 unspecified atom stereocenters. The van der Waals surface area contributed by atoms with Crippen molar-refractivity contribution in [1.82, 2.24) is 19.5 Å². The topological polar surface area (TPSA) is 156 Å². The quantitative estimate of drug-likeness (QED) is 0.446. The van der Waals surface area contributed by atoms with Gasteiger partial charge in [0.25, 0.3) is 5.56 Å². The third kappa shape index (κ3) is 2.81. The molecule has 0 aliphatic heterocycles. The van der Waals surface area contributed by atoms with Gasteiger partial charge in [0, 0.05) is 13.0 Å². The summed E-state index contributed by atoms with van der Waals surface area (Å²) in [6.45, 7) is 0. The van der Waals surface area contributed by atoms with Crippen molar-refractivity contribution in [3.05, 3.63) is 28.8 Å². The van der Waals surface area contributed by atoms with Crippen LogP contribution in [0.2, 0.25) is 0 Å². The molecule has 124 valence electrons. The molecule has 0 bridgehead atoms. The molecule has 0 aromatic carbocycles. The number of rotatable bonds is 4. The number of aromatic amines is 1. The number of nitrogen functional groups attached to an aromatic ring is 1. The molecule has 11 heteroatoms. The van der Waals surface area contributed by atoms with Gasteiger partial charge in [-0.05, 0) is 6.42 Å². The second kappa shape index (κ2) is 5.57. The highest BCUT2D eigenvalue weighted by Gasteiger charge is 2.38. The summed E-state index contributed by atoms with van der Waals surface area (Å²) < 4.78 is 18.1. The van der Waals surface area contributed by atoms with Crippen LogP contribution in [0.3, 0.4) is 0 Å². The van der Waals surface area contributed by atoms with Crippen molar-refractivity contribution in [3.8, 4) is 0 Å². The van der Waals surface area contributed by atoms with Gasteiger partial charge in [-0.1, -0.05) is 12.2 Å². The third-order valence-corrected chi connectivity index (χ3v) is 5.10. The Hall–Kier alpha value is -2.00. The SMILES string of the molecule is COC(C1C=CC(n2cnc3c(=O)[nH]c(N)nc32)C1)P(=O)(O)O. The molecular formula is C12H16N5O5P. The summed E-state index contributed by atoms with van der Waals surface area (Å²) >= 11 is 0. The van der Waals surface area contributed by atoms with Gasteiger partial charge in [0.15, 0.2) is 17.0 Å². The van der Waals surface area contributed by atoms with Crippen molar-refractivity contribution < 1.29 is 19.1 Å². The molecule has 3 atom stereocenters. The van der Waals surface area contributed by atoms with E-state index >= 15 is 0 Å². The molecular weight excluding hydrogens is 325 g/mol. The number of nitrogens with zero attached hydrogens (tertiary/aromatic N) is 3. The van der Waals surface area contributed by atoms with Crippen LogP contribution in [0.5, 0.6) is 0 Å². The van der Waals surface area contributed by atoms with E-state index in [1.54, 1.807) is 16.7 Å². The molecule has 0 saturated carbocycles. The first-order valence-electron chi connectivity index (χ1n) is 6.80. The number of nitrogens with two attached hydrogens (primary N) is 1. The maximum absolute atomic E-state index is 11.8. The normalized spacial score (nSPS) is 22.7. The summed E-state index contributed by atoms with van der Waals surface area (Å²) in [5.41, 5.74) is 5.61. The lowest BCUT2D eigenvalue weighted by molar-refractivity contribution is 0.103. The minimum atomic E-state index is -4.38. The lowest BCUT2D eigenvalue weighted by Crippen LogP contribution is -2.21. The Balaban J connectivity index is 1.93. The van der Waals surface area contributed by atoms with Gasteiger partial charge in [-0.3, -0.25) is 14.3 Å². The van der Waals surface area contributed by atoms with Gasteiger partial charge in [-0.15, -0.1) is 0 Å². The Morgan fingerprint density at radius 1 is 1.52 bits per heavy atom. The molecule has 2 aromatic heterocycles. The lowest BCUT2D eigenvalue weighted by Gasteiger charge is -2.23. The highest BCUT2D eigenvalue weighted by Crippen LogP contribution is 2.49. The molecule has 0 amide bonds. The fraction of sp³-hybridized carbons (Fsp3) is 0.417. The van der Waals surface area contributed by atoms with Gasteiger partial charge >= 0.3 is 7.60 Å². The Bertz CT molecular complexity index is 868. The monoisotopic (exact) mass is 341 g/mol. The van der Waals surface area contributed by atoms with E-state index in [4.69, 9.17) is 10.5 Å². The largest absolute Gasteiger partial charge is 0.369 e. The van der Waals surface area contributed by atoms with E-state index in [1.807, 2.05) is 0 Å². The first-order valence-corrected chi connectivity index (χ1v) is 8.48. The molecule has 0 spiro atoms. The first-order chi connectivity index (χ1) is 10.8. The molecule has 0 fully saturated rings. The molecule has 10 nitrogen and oxygen atoms in total. The number of methoxy groups -OCH3 is 1. The van der Waals surface area contributed by atoms with E-state index in [0.717, 1.165) is 0 Å². The van der Waals surface area contributed by atoms with Crippen LogP contribution >= 0.6 is 7.60 Å². The van der Waals surface area contributed by atoms with E-state index < -0.39 is 24.9 Å². The molecule has 2 aromatic rings. The predicted molar refractivity (Wildman–Crippen MR) is 81.7 cm³/mol. The molecule has 23 heavy (non-hydrogen) atoms. The smallest absolute Gasteiger partial charge is 0.354 e. The van der Waals surface area contributed by atoms with Crippen molar-refractivity contribution in [2.24, 2.45) is 5.92 Å². The van der Waals surface area contributed by atoms with Gasteiger partial charge in [-0.25, -0.2) is 4.98 Å². The van der Waals surface area contributed by atoms with Gasteiger partial charge in [-0.2, -0.15) is 4.98 Å². The van der Waals surface area contributed by atoms with Crippen LogP contribution in [0.15, 0.2) is 23.3 Å². The van der Waals surface area contributed by atoms with E-state index in [0.29, 0.717) is 12.1 Å². The van der Waals surface area contributed by atoms with Crippen LogP contribution in [0.4, 0.5) is 5.95 Å². The van der Waals surface area contributed by atoms with Crippen LogP contribution in [0.25, 0.3) is 11.2 Å². The van der Waals surface area contributed by atoms with Gasteiger partial charge in [0.1, 0.15) is 0 Å². The first kappa shape index (κ1) is 15.9. The molecule has 1 aliphatic carbocycles. The maximum Gasteiger partial charge on any atom is 0.354 e. The molecule has 1 aliphatic rings. The van der Waals surface area contributed by atoms with Crippen molar-refractivity contribution in [1.29, 1.82) is 0 Å². The lowest BCUT2D eigenvalue weighted by atomic mass is 10.1. The van der Waals surface area contributed by atoms with Crippen LogP contribution < -0.4 is 11.3 Å². The number of hydrogen-bond donors (Lipinski definition) is 4. The number of imidazole rings is 1. The van der Waals surface area contributed by atoms with Crippen LogP contribution in [-0.4, -0.2) is 42.3 Å². The average molecular weight is 341 g/mol. The number of fused-ring (bicyclic) bond motifs is 1. The second-order valence-corrected chi connectivity index (χ2v) is 7.03. The predicted octanol–water partition coefficient (Wildman–Crippen LogP) is -0.0308. The number of nitrogens with one attached hydrogen (secondary N) is 1. The number of allylic oxidation sites excluding steroid dienone is 1. The molecule has 0 radical (unpaired) electrons. The van der Waals surface area contributed by atoms with Gasteiger partial charge in [0.2, 0.25) is 5.95 Å². The van der Waals surface area contributed by atoms with Crippen LogP contribution in [0.1, 0.15) is 12.5 Å². The highest BCUT2D eigenvalue weighted by atomic mass is 31.2. The zero-order valence-corrected chi connectivity index (χ0v) is 13.1. The minimum Gasteiger partial charge on any atom is -0.369 e. The zero-order chi connectivity index (χ0) is 16.8. The maximum atomic E-state index is 11.8. The van der Waals surface area contributed by atoms with Gasteiger partial charge in [0.05, 0.1) is 12.4 Å². The number of aromatic nitrogens is 4. The summed E-state index contributed by atoms with van der Waals surface area (Å²) in [5.74, 6) is -1.68. The summed E-state index contributed by atoms with van der Waals surface area (Å²) in [6.07, 6.45) is 5.33. The standard InChI is InChI=1S/C12H16N5O5P/c1-22-11(23(19,20)21)6-2-3-7(4-6)17-5-14-8-9(17)15-12(13)16-10(8)18/h2-3,5-7,11H,4H2,1H3,(H2,19,20,21)(H3,13,15,16,18). The Morgan fingerprint density at radius 2 is 2.26 bits per heavy atom. The van der Waals surface area contributed by atoms with Crippen molar-refractivity contribution in [3.63, 3.8) is 0 Å². The summed E-state index contributed by atoms with van der Waals surface area (Å²) in [5, 5.41) is 0.